The molecule has 36 heavy (non-hydrogen) atoms. The van der Waals surface area contributed by atoms with E-state index < -0.39 is 5.91 Å². The molecule has 0 atom stereocenters. The molecule has 0 radical (unpaired) electrons. The lowest BCUT2D eigenvalue weighted by Gasteiger charge is -2.20. The average Bonchev–Trinajstić information content (AvgIpc) is 3.78. The molecule has 2 saturated carbocycles. The van der Waals surface area contributed by atoms with Crippen molar-refractivity contribution in [3.63, 3.8) is 0 Å². The normalized spacial score (nSPS) is 17.1. The minimum Gasteiger partial charge on any atom is -0.346 e. The van der Waals surface area contributed by atoms with Crippen molar-refractivity contribution in [3.05, 3.63) is 69.1 Å². The molecule has 4 N–H and O–H groups in total. The highest BCUT2D eigenvalue weighted by molar-refractivity contribution is 6.37. The number of halogens is 3. The number of aromatic amines is 1. The van der Waals surface area contributed by atoms with Crippen molar-refractivity contribution in [1.82, 2.24) is 20.5 Å². The number of nitrogens with zero attached hydrogens (tertiary/aromatic N) is 2. The van der Waals surface area contributed by atoms with Gasteiger partial charge in [-0.1, -0.05) is 40.9 Å². The fourth-order valence-electron chi connectivity index (χ4n) is 4.27. The molecule has 0 unspecified atom stereocenters. The van der Waals surface area contributed by atoms with Crippen LogP contribution in [0.2, 0.25) is 10.0 Å². The predicted molar refractivity (Wildman–Crippen MR) is 142 cm³/mol. The van der Waals surface area contributed by atoms with Gasteiger partial charge in [0.2, 0.25) is 0 Å². The van der Waals surface area contributed by atoms with E-state index in [0.717, 1.165) is 25.7 Å². The fraction of sp³-hybridized carbons (Fsp3) is 0.280. The van der Waals surface area contributed by atoms with Gasteiger partial charge in [0.15, 0.2) is 0 Å². The summed E-state index contributed by atoms with van der Waals surface area (Å²) >= 11 is 19.0. The molecule has 0 saturated heterocycles. The molecule has 2 amide bonds. The van der Waals surface area contributed by atoms with Gasteiger partial charge in [-0.25, -0.2) is 4.98 Å². The number of H-pyrrole nitrogens is 1. The Morgan fingerprint density at radius 1 is 1.19 bits per heavy atom. The van der Waals surface area contributed by atoms with Crippen molar-refractivity contribution >= 4 is 69.0 Å². The number of hydrogen-bond donors (Lipinski definition) is 4. The topological polar surface area (TPSA) is 112 Å². The number of carbonyl (C=O) groups is 2. The van der Waals surface area contributed by atoms with E-state index >= 15 is 0 Å². The van der Waals surface area contributed by atoms with E-state index in [2.05, 4.69) is 31.1 Å². The molecule has 5 rings (SSSR count). The van der Waals surface area contributed by atoms with Gasteiger partial charge in [0.25, 0.3) is 11.8 Å². The second-order valence-electron chi connectivity index (χ2n) is 8.97. The van der Waals surface area contributed by atoms with Gasteiger partial charge in [-0.2, -0.15) is 5.10 Å². The third-order valence-corrected chi connectivity index (χ3v) is 7.41. The Kier molecular flexibility index (Phi) is 6.68. The van der Waals surface area contributed by atoms with Gasteiger partial charge >= 0.3 is 0 Å². The Morgan fingerprint density at radius 2 is 1.97 bits per heavy atom. The van der Waals surface area contributed by atoms with Crippen LogP contribution in [0, 0.1) is 5.92 Å². The lowest BCUT2D eigenvalue weighted by molar-refractivity contribution is -0.112. The SMILES string of the molecule is CC=C(Cl)/C=C(\Nc1ncccc1Cl)C(=O)Nc1c(Cl)cc2cn[nH]c2c1C(=O)NC1(C2CC2)CC1. The van der Waals surface area contributed by atoms with Gasteiger partial charge in [-0.3, -0.25) is 14.7 Å². The molecule has 2 heterocycles. The number of carbonyl (C=O) groups excluding carboxylic acids is 2. The first kappa shape index (κ1) is 24.6. The van der Waals surface area contributed by atoms with Crippen LogP contribution < -0.4 is 16.0 Å². The lowest BCUT2D eigenvalue weighted by atomic mass is 10.1. The number of anilines is 2. The number of rotatable bonds is 8. The number of nitrogens with one attached hydrogen (secondary N) is 4. The summed E-state index contributed by atoms with van der Waals surface area (Å²) in [6.07, 6.45) is 10.3. The number of pyridine rings is 1. The Labute approximate surface area is 222 Å². The number of aromatic nitrogens is 3. The zero-order valence-electron chi connectivity index (χ0n) is 19.3. The zero-order valence-corrected chi connectivity index (χ0v) is 21.6. The highest BCUT2D eigenvalue weighted by atomic mass is 35.5. The summed E-state index contributed by atoms with van der Waals surface area (Å²) in [4.78, 5) is 31.2. The number of amides is 2. The number of allylic oxidation sites excluding steroid dienone is 3. The standard InChI is InChI=1S/C25H23Cl3N6O2/c1-2-15(26)11-18(31-22-16(27)4-3-9-29-22)23(35)32-21-17(28)10-13-12-30-34-20(13)19(21)24(36)33-25(7-8-25)14-5-6-14/h2-4,9-12,14H,5-8H2,1H3,(H,29,31)(H,30,34)(H,32,35)(H,33,36)/b15-2?,18-11-. The van der Waals surface area contributed by atoms with Crippen molar-refractivity contribution in [1.29, 1.82) is 0 Å². The van der Waals surface area contributed by atoms with Gasteiger partial charge in [0.05, 0.1) is 33.0 Å². The van der Waals surface area contributed by atoms with Crippen LogP contribution in [0.15, 0.2) is 53.5 Å². The van der Waals surface area contributed by atoms with Crippen molar-refractivity contribution < 1.29 is 9.59 Å². The van der Waals surface area contributed by atoms with E-state index in [9.17, 15) is 9.59 Å². The largest absolute Gasteiger partial charge is 0.346 e. The Morgan fingerprint density at radius 3 is 2.64 bits per heavy atom. The molecule has 0 aliphatic heterocycles. The van der Waals surface area contributed by atoms with E-state index in [-0.39, 0.29) is 39.2 Å². The second-order valence-corrected chi connectivity index (χ2v) is 10.2. The highest BCUT2D eigenvalue weighted by Gasteiger charge is 2.55. The summed E-state index contributed by atoms with van der Waals surface area (Å²) in [5, 5.41) is 17.3. The van der Waals surface area contributed by atoms with E-state index in [4.69, 9.17) is 34.8 Å². The van der Waals surface area contributed by atoms with Crippen LogP contribution in [0.4, 0.5) is 11.5 Å². The lowest BCUT2D eigenvalue weighted by Crippen LogP contribution is -2.39. The van der Waals surface area contributed by atoms with E-state index in [1.807, 2.05) is 0 Å². The molecule has 0 bridgehead atoms. The first-order valence-corrected chi connectivity index (χ1v) is 12.6. The van der Waals surface area contributed by atoms with Crippen LogP contribution in [0.25, 0.3) is 10.9 Å². The highest BCUT2D eigenvalue weighted by Crippen LogP contribution is 2.54. The first-order chi connectivity index (χ1) is 17.3. The second kappa shape index (κ2) is 9.76. The molecule has 2 aliphatic carbocycles. The maximum atomic E-state index is 13.6. The van der Waals surface area contributed by atoms with Crippen LogP contribution in [-0.4, -0.2) is 32.5 Å². The van der Waals surface area contributed by atoms with E-state index in [0.29, 0.717) is 26.9 Å². The molecule has 0 spiro atoms. The third kappa shape index (κ3) is 4.93. The molecule has 1 aromatic carbocycles. The molecular formula is C25H23Cl3N6O2. The Hall–Kier alpha value is -3.07. The van der Waals surface area contributed by atoms with Crippen molar-refractivity contribution in [2.45, 2.75) is 38.1 Å². The molecule has 3 aromatic rings. The van der Waals surface area contributed by atoms with Crippen molar-refractivity contribution in [3.8, 4) is 0 Å². The van der Waals surface area contributed by atoms with Gasteiger partial charge in [0.1, 0.15) is 11.5 Å². The maximum Gasteiger partial charge on any atom is 0.272 e. The van der Waals surface area contributed by atoms with Crippen LogP contribution >= 0.6 is 34.8 Å². The Balaban J connectivity index is 1.51. The van der Waals surface area contributed by atoms with Crippen LogP contribution in [0.3, 0.4) is 0 Å². The van der Waals surface area contributed by atoms with Gasteiger partial charge in [0, 0.05) is 22.2 Å². The summed E-state index contributed by atoms with van der Waals surface area (Å²) in [7, 11) is 0. The molecule has 11 heteroatoms. The van der Waals surface area contributed by atoms with Crippen molar-refractivity contribution in [2.75, 3.05) is 10.6 Å². The summed E-state index contributed by atoms with van der Waals surface area (Å²) in [6.45, 7) is 1.74. The third-order valence-electron chi connectivity index (χ3n) is 6.48. The molecule has 186 valence electrons. The van der Waals surface area contributed by atoms with Crippen LogP contribution in [0.1, 0.15) is 43.0 Å². The van der Waals surface area contributed by atoms with E-state index in [1.54, 1.807) is 43.6 Å². The number of fused-ring (bicyclic) bond motifs is 1. The molecule has 8 nitrogen and oxygen atoms in total. The Bertz CT molecular complexity index is 1420. The summed E-state index contributed by atoms with van der Waals surface area (Å²) < 4.78 is 0. The van der Waals surface area contributed by atoms with Gasteiger partial charge in [-0.15, -0.1) is 0 Å². The first-order valence-electron chi connectivity index (χ1n) is 11.5. The number of hydrogen-bond acceptors (Lipinski definition) is 5. The fourth-order valence-corrected chi connectivity index (χ4v) is 4.80. The summed E-state index contributed by atoms with van der Waals surface area (Å²) in [5.41, 5.74) is 0.759. The summed E-state index contributed by atoms with van der Waals surface area (Å²) in [6, 6.07) is 4.96. The number of benzene rings is 1. The minimum absolute atomic E-state index is 0.0578. The minimum atomic E-state index is -0.588. The molecule has 2 aromatic heterocycles. The maximum absolute atomic E-state index is 13.6. The monoisotopic (exact) mass is 544 g/mol. The molecule has 2 fully saturated rings. The summed E-state index contributed by atoms with van der Waals surface area (Å²) in [5.74, 6) is -0.130. The van der Waals surface area contributed by atoms with Crippen LogP contribution in [-0.2, 0) is 4.79 Å². The van der Waals surface area contributed by atoms with Gasteiger partial charge in [-0.05, 0) is 62.8 Å². The quantitative estimate of drug-likeness (QED) is 0.204. The molecule has 2 aliphatic rings. The smallest absolute Gasteiger partial charge is 0.272 e. The predicted octanol–water partition coefficient (Wildman–Crippen LogP) is 6.01. The zero-order chi connectivity index (χ0) is 25.4. The average molecular weight is 546 g/mol. The van der Waals surface area contributed by atoms with Crippen molar-refractivity contribution in [2.24, 2.45) is 5.92 Å². The van der Waals surface area contributed by atoms with Crippen LogP contribution in [0.5, 0.6) is 0 Å². The van der Waals surface area contributed by atoms with Gasteiger partial charge < -0.3 is 16.0 Å². The molecular weight excluding hydrogens is 523 g/mol. The van der Waals surface area contributed by atoms with E-state index in [1.165, 1.54) is 6.08 Å².